The lowest BCUT2D eigenvalue weighted by Crippen LogP contribution is -2.44. The van der Waals surface area contributed by atoms with Gasteiger partial charge in [-0.1, -0.05) is 18.1 Å². The van der Waals surface area contributed by atoms with Crippen molar-refractivity contribution >= 4 is 5.69 Å². The molecule has 0 spiro atoms. The summed E-state index contributed by atoms with van der Waals surface area (Å²) < 4.78 is 5.33. The number of hydrogen-bond acceptors (Lipinski definition) is 6. The second kappa shape index (κ2) is 5.25. The number of nitrogens with zero attached hydrogens (tertiary/aromatic N) is 3. The normalized spacial score (nSPS) is 16.5. The molecule has 0 aliphatic carbocycles. The zero-order chi connectivity index (χ0) is 15.0. The summed E-state index contributed by atoms with van der Waals surface area (Å²) in [4.78, 5) is 14.9. The first-order valence-electron chi connectivity index (χ1n) is 6.86. The Hall–Kier alpha value is -2.28. The van der Waals surface area contributed by atoms with Gasteiger partial charge in [0.15, 0.2) is 0 Å². The number of nitro benzene ring substituents is 1. The molecule has 0 radical (unpaired) electrons. The second-order valence-electron chi connectivity index (χ2n) is 5.42. The third-order valence-corrected chi connectivity index (χ3v) is 4.02. The molecule has 1 aliphatic rings. The predicted molar refractivity (Wildman–Crippen MR) is 75.9 cm³/mol. The van der Waals surface area contributed by atoms with Crippen LogP contribution in [0.3, 0.4) is 0 Å². The van der Waals surface area contributed by atoms with Gasteiger partial charge in [-0.05, 0) is 31.5 Å². The largest absolute Gasteiger partial charge is 0.339 e. The third-order valence-electron chi connectivity index (χ3n) is 4.02. The van der Waals surface area contributed by atoms with Gasteiger partial charge in [0.1, 0.15) is 0 Å². The number of nitro groups is 1. The van der Waals surface area contributed by atoms with Gasteiger partial charge >= 0.3 is 0 Å². The molecule has 1 atom stereocenters. The molecule has 0 saturated carbocycles. The van der Waals surface area contributed by atoms with E-state index in [-0.39, 0.29) is 11.6 Å². The van der Waals surface area contributed by atoms with Crippen LogP contribution in [-0.4, -0.2) is 28.2 Å². The average Bonchev–Trinajstić information content (AvgIpc) is 2.86. The Bertz CT molecular complexity index is 679. The van der Waals surface area contributed by atoms with Gasteiger partial charge in [-0.2, -0.15) is 4.98 Å². The van der Waals surface area contributed by atoms with Crippen molar-refractivity contribution < 1.29 is 9.45 Å². The fourth-order valence-corrected chi connectivity index (χ4v) is 2.36. The number of hydrogen-bond donors (Lipinski definition) is 1. The Morgan fingerprint density at radius 2 is 2.24 bits per heavy atom. The molecule has 21 heavy (non-hydrogen) atoms. The summed E-state index contributed by atoms with van der Waals surface area (Å²) in [6, 6.07) is 4.66. The van der Waals surface area contributed by atoms with Crippen LogP contribution in [0.5, 0.6) is 0 Å². The topological polar surface area (TPSA) is 94.1 Å². The fraction of sp³-hybridized carbons (Fsp3) is 0.429. The molecule has 1 unspecified atom stereocenters. The lowest BCUT2D eigenvalue weighted by Gasteiger charge is -2.30. The van der Waals surface area contributed by atoms with E-state index in [1.165, 1.54) is 12.1 Å². The molecule has 0 amide bonds. The van der Waals surface area contributed by atoms with Gasteiger partial charge in [0.25, 0.3) is 5.69 Å². The van der Waals surface area contributed by atoms with Crippen LogP contribution < -0.4 is 5.32 Å². The molecule has 1 aromatic carbocycles. The standard InChI is InChI=1S/C14H16N4O3/c1-8-3-4-11(18(19)20)5-12(8)13-16-14(21-17-13)9(2)10-6-15-7-10/h3-5,9-10,15H,6-7H2,1-2H3. The lowest BCUT2D eigenvalue weighted by molar-refractivity contribution is -0.384. The van der Waals surface area contributed by atoms with Gasteiger partial charge in [0, 0.05) is 23.6 Å². The Labute approximate surface area is 121 Å². The SMILES string of the molecule is Cc1ccc([N+](=O)[O-])cc1-c1noc(C(C)C2CNC2)n1. The van der Waals surface area contributed by atoms with Crippen molar-refractivity contribution in [2.45, 2.75) is 19.8 Å². The van der Waals surface area contributed by atoms with Crippen molar-refractivity contribution in [2.24, 2.45) is 5.92 Å². The predicted octanol–water partition coefficient (Wildman–Crippen LogP) is 2.28. The summed E-state index contributed by atoms with van der Waals surface area (Å²) >= 11 is 0. The van der Waals surface area contributed by atoms with Gasteiger partial charge in [-0.15, -0.1) is 0 Å². The number of non-ortho nitro benzene ring substituents is 1. The van der Waals surface area contributed by atoms with Crippen molar-refractivity contribution in [3.8, 4) is 11.4 Å². The van der Waals surface area contributed by atoms with E-state index in [2.05, 4.69) is 22.4 Å². The van der Waals surface area contributed by atoms with E-state index in [1.54, 1.807) is 6.07 Å². The number of benzene rings is 1. The Morgan fingerprint density at radius 3 is 2.86 bits per heavy atom. The maximum atomic E-state index is 10.9. The number of aryl methyl sites for hydroxylation is 1. The summed E-state index contributed by atoms with van der Waals surface area (Å²) in [5, 5.41) is 18.1. The molecule has 1 aromatic heterocycles. The van der Waals surface area contributed by atoms with E-state index < -0.39 is 4.92 Å². The number of rotatable bonds is 4. The summed E-state index contributed by atoms with van der Waals surface area (Å²) in [6.07, 6.45) is 0. The minimum atomic E-state index is -0.424. The van der Waals surface area contributed by atoms with E-state index in [0.717, 1.165) is 18.7 Å². The van der Waals surface area contributed by atoms with Gasteiger partial charge in [0.2, 0.25) is 11.7 Å². The average molecular weight is 288 g/mol. The first kappa shape index (κ1) is 13.7. The fourth-order valence-electron chi connectivity index (χ4n) is 2.36. The lowest BCUT2D eigenvalue weighted by atomic mass is 9.89. The van der Waals surface area contributed by atoms with Crippen LogP contribution >= 0.6 is 0 Å². The summed E-state index contributed by atoms with van der Waals surface area (Å²) in [5.41, 5.74) is 1.54. The molecule has 0 bridgehead atoms. The maximum Gasteiger partial charge on any atom is 0.270 e. The first-order chi connectivity index (χ1) is 10.1. The minimum absolute atomic E-state index is 0.0261. The third kappa shape index (κ3) is 2.52. The van der Waals surface area contributed by atoms with Crippen molar-refractivity contribution in [1.82, 2.24) is 15.5 Å². The van der Waals surface area contributed by atoms with Crippen molar-refractivity contribution in [2.75, 3.05) is 13.1 Å². The Balaban J connectivity index is 1.92. The van der Waals surface area contributed by atoms with Crippen LogP contribution in [0.2, 0.25) is 0 Å². The highest BCUT2D eigenvalue weighted by molar-refractivity contribution is 5.63. The molecular weight excluding hydrogens is 272 g/mol. The molecule has 3 rings (SSSR count). The van der Waals surface area contributed by atoms with Crippen molar-refractivity contribution in [3.63, 3.8) is 0 Å². The molecule has 1 aliphatic heterocycles. The number of aromatic nitrogens is 2. The van der Waals surface area contributed by atoms with Crippen molar-refractivity contribution in [1.29, 1.82) is 0 Å². The van der Waals surface area contributed by atoms with Crippen LogP contribution in [-0.2, 0) is 0 Å². The summed E-state index contributed by atoms with van der Waals surface area (Å²) in [6.45, 7) is 5.83. The van der Waals surface area contributed by atoms with E-state index in [1.807, 2.05) is 6.92 Å². The summed E-state index contributed by atoms with van der Waals surface area (Å²) in [5.74, 6) is 1.68. The Kier molecular flexibility index (Phi) is 3.42. The molecular formula is C14H16N4O3. The summed E-state index contributed by atoms with van der Waals surface area (Å²) in [7, 11) is 0. The van der Waals surface area contributed by atoms with Gasteiger partial charge in [0.05, 0.1) is 4.92 Å². The van der Waals surface area contributed by atoms with E-state index in [9.17, 15) is 10.1 Å². The highest BCUT2D eigenvalue weighted by atomic mass is 16.6. The van der Waals surface area contributed by atoms with E-state index in [4.69, 9.17) is 4.52 Å². The molecule has 2 heterocycles. The van der Waals surface area contributed by atoms with Crippen LogP contribution in [0.15, 0.2) is 22.7 Å². The van der Waals surface area contributed by atoms with Gasteiger partial charge in [-0.25, -0.2) is 0 Å². The minimum Gasteiger partial charge on any atom is -0.339 e. The van der Waals surface area contributed by atoms with Crippen LogP contribution in [0.25, 0.3) is 11.4 Å². The maximum absolute atomic E-state index is 10.9. The van der Waals surface area contributed by atoms with Gasteiger partial charge < -0.3 is 9.84 Å². The quantitative estimate of drug-likeness (QED) is 0.685. The molecule has 1 N–H and O–H groups in total. The zero-order valence-corrected chi connectivity index (χ0v) is 11.9. The highest BCUT2D eigenvalue weighted by Crippen LogP contribution is 2.30. The zero-order valence-electron chi connectivity index (χ0n) is 11.9. The first-order valence-corrected chi connectivity index (χ1v) is 6.86. The van der Waals surface area contributed by atoms with Crippen LogP contribution in [0.1, 0.15) is 24.3 Å². The van der Waals surface area contributed by atoms with E-state index >= 15 is 0 Å². The molecule has 2 aromatic rings. The van der Waals surface area contributed by atoms with Gasteiger partial charge in [-0.3, -0.25) is 10.1 Å². The monoisotopic (exact) mass is 288 g/mol. The molecule has 1 fully saturated rings. The highest BCUT2D eigenvalue weighted by Gasteiger charge is 2.29. The molecule has 110 valence electrons. The Morgan fingerprint density at radius 1 is 1.48 bits per heavy atom. The molecule has 7 heteroatoms. The number of nitrogens with one attached hydrogen (secondary N) is 1. The smallest absolute Gasteiger partial charge is 0.270 e. The molecule has 7 nitrogen and oxygen atoms in total. The van der Waals surface area contributed by atoms with E-state index in [0.29, 0.717) is 23.2 Å². The second-order valence-corrected chi connectivity index (χ2v) is 5.42. The molecule has 1 saturated heterocycles. The van der Waals surface area contributed by atoms with Crippen molar-refractivity contribution in [3.05, 3.63) is 39.8 Å². The van der Waals surface area contributed by atoms with Crippen LogP contribution in [0.4, 0.5) is 5.69 Å². The van der Waals surface area contributed by atoms with Crippen LogP contribution in [0, 0.1) is 23.0 Å².